The maximum absolute atomic E-state index is 13.9. The summed E-state index contributed by atoms with van der Waals surface area (Å²) in [6.07, 6.45) is -6.79. The summed E-state index contributed by atoms with van der Waals surface area (Å²) in [5.41, 5.74) is -1.18. The molecule has 0 unspecified atom stereocenters. The average molecular weight is 343 g/mol. The monoisotopic (exact) mass is 342 g/mol. The van der Waals surface area contributed by atoms with E-state index in [2.05, 4.69) is 15.3 Å². The van der Waals surface area contributed by atoms with Crippen LogP contribution in [0.15, 0.2) is 6.20 Å². The maximum atomic E-state index is 13.9. The molecule has 6 nitrogen and oxygen atoms in total. The molecule has 2 heterocycles. The number of nitrogens with one attached hydrogen (secondary N) is 1. The van der Waals surface area contributed by atoms with Crippen LogP contribution in [0.2, 0.25) is 5.15 Å². The number of alkyl halides is 4. The molecule has 1 aromatic rings. The number of amides is 1. The third-order valence-corrected chi connectivity index (χ3v) is 3.46. The number of hydrogen-bond acceptors (Lipinski definition) is 4. The standard InChI is InChI=1S/C11H11ClF4N4O2/c12-8-5(11(14,15)16)3-17-9(19-8)18-7-1-2-20(10(21)22)4-6(7)13/h3,6-7H,1-2,4H2,(H,21,22)(H,17,18,19)/t6-,7-/m1/s1. The highest BCUT2D eigenvalue weighted by Crippen LogP contribution is 2.33. The molecule has 1 fully saturated rings. The van der Waals surface area contributed by atoms with Crippen molar-refractivity contribution in [3.05, 3.63) is 16.9 Å². The van der Waals surface area contributed by atoms with Crippen molar-refractivity contribution in [3.63, 3.8) is 0 Å². The van der Waals surface area contributed by atoms with E-state index in [-0.39, 0.29) is 25.5 Å². The average Bonchev–Trinajstić information content (AvgIpc) is 2.39. The van der Waals surface area contributed by atoms with Gasteiger partial charge in [-0.2, -0.15) is 13.2 Å². The van der Waals surface area contributed by atoms with Crippen molar-refractivity contribution >= 4 is 23.6 Å². The lowest BCUT2D eigenvalue weighted by molar-refractivity contribution is -0.137. The van der Waals surface area contributed by atoms with Crippen molar-refractivity contribution < 1.29 is 27.5 Å². The molecule has 2 N–H and O–H groups in total. The molecule has 0 saturated carbocycles. The number of carboxylic acid groups (broad SMARTS) is 1. The van der Waals surface area contributed by atoms with Crippen LogP contribution in [-0.2, 0) is 6.18 Å². The molecule has 1 amide bonds. The van der Waals surface area contributed by atoms with Gasteiger partial charge in [0.05, 0.1) is 12.6 Å². The van der Waals surface area contributed by atoms with E-state index in [1.165, 1.54) is 0 Å². The van der Waals surface area contributed by atoms with Crippen molar-refractivity contribution in [2.45, 2.75) is 24.8 Å². The third kappa shape index (κ3) is 3.67. The molecule has 2 atom stereocenters. The van der Waals surface area contributed by atoms with Gasteiger partial charge in [-0.3, -0.25) is 0 Å². The van der Waals surface area contributed by atoms with Crippen molar-refractivity contribution in [3.8, 4) is 0 Å². The van der Waals surface area contributed by atoms with Crippen LogP contribution in [0.5, 0.6) is 0 Å². The highest BCUT2D eigenvalue weighted by atomic mass is 35.5. The molecule has 122 valence electrons. The molecule has 0 bridgehead atoms. The van der Waals surface area contributed by atoms with Crippen molar-refractivity contribution in [2.75, 3.05) is 18.4 Å². The van der Waals surface area contributed by atoms with Crippen LogP contribution in [0, 0.1) is 0 Å². The minimum absolute atomic E-state index is 0.0990. The Morgan fingerprint density at radius 1 is 1.50 bits per heavy atom. The quantitative estimate of drug-likeness (QED) is 0.638. The van der Waals surface area contributed by atoms with Gasteiger partial charge in [0.15, 0.2) is 0 Å². The van der Waals surface area contributed by atoms with Gasteiger partial charge < -0.3 is 15.3 Å². The van der Waals surface area contributed by atoms with Gasteiger partial charge in [-0.25, -0.2) is 19.2 Å². The number of rotatable bonds is 2. The molecule has 2 rings (SSSR count). The SMILES string of the molecule is O=C(O)N1CC[C@@H](Nc2ncc(C(F)(F)F)c(Cl)n2)[C@H](F)C1. The summed E-state index contributed by atoms with van der Waals surface area (Å²) in [5.74, 6) is -0.241. The molecule has 22 heavy (non-hydrogen) atoms. The molecule has 1 saturated heterocycles. The summed E-state index contributed by atoms with van der Waals surface area (Å²) >= 11 is 5.44. The van der Waals surface area contributed by atoms with E-state index in [0.717, 1.165) is 4.90 Å². The zero-order valence-corrected chi connectivity index (χ0v) is 11.7. The predicted molar refractivity (Wildman–Crippen MR) is 68.6 cm³/mol. The van der Waals surface area contributed by atoms with Crippen LogP contribution in [0.3, 0.4) is 0 Å². The van der Waals surface area contributed by atoms with Crippen molar-refractivity contribution in [2.24, 2.45) is 0 Å². The number of carbonyl (C=O) groups is 1. The first-order valence-electron chi connectivity index (χ1n) is 6.16. The lowest BCUT2D eigenvalue weighted by atomic mass is 10.0. The van der Waals surface area contributed by atoms with Crippen LogP contribution in [-0.4, -0.2) is 51.4 Å². The second-order valence-electron chi connectivity index (χ2n) is 4.68. The van der Waals surface area contributed by atoms with Crippen LogP contribution < -0.4 is 5.32 Å². The number of halogens is 5. The Kier molecular flexibility index (Phi) is 4.59. The Bertz CT molecular complexity index is 572. The molecule has 1 aliphatic rings. The number of anilines is 1. The molecule has 0 aliphatic carbocycles. The minimum Gasteiger partial charge on any atom is -0.465 e. The maximum Gasteiger partial charge on any atom is 0.420 e. The largest absolute Gasteiger partial charge is 0.465 e. The van der Waals surface area contributed by atoms with Crippen LogP contribution in [0.25, 0.3) is 0 Å². The van der Waals surface area contributed by atoms with E-state index in [0.29, 0.717) is 6.20 Å². The summed E-state index contributed by atoms with van der Waals surface area (Å²) < 4.78 is 51.4. The van der Waals surface area contributed by atoms with Crippen LogP contribution in [0.1, 0.15) is 12.0 Å². The molecule has 0 aromatic carbocycles. The predicted octanol–water partition coefficient (Wildman–Crippen LogP) is 2.65. The van der Waals surface area contributed by atoms with E-state index in [9.17, 15) is 22.4 Å². The van der Waals surface area contributed by atoms with Gasteiger partial charge in [0.2, 0.25) is 5.95 Å². The number of likely N-dealkylation sites (tertiary alicyclic amines) is 1. The highest BCUT2D eigenvalue weighted by molar-refractivity contribution is 6.30. The van der Waals surface area contributed by atoms with Crippen molar-refractivity contribution in [1.29, 1.82) is 0 Å². The Balaban J connectivity index is 2.06. The zero-order chi connectivity index (χ0) is 16.5. The smallest absolute Gasteiger partial charge is 0.420 e. The summed E-state index contributed by atoms with van der Waals surface area (Å²) in [6.45, 7) is -0.233. The molecular weight excluding hydrogens is 332 g/mol. The Labute approximate surface area is 127 Å². The van der Waals surface area contributed by atoms with E-state index < -0.39 is 35.2 Å². The minimum atomic E-state index is -4.68. The number of aromatic nitrogens is 2. The van der Waals surface area contributed by atoms with Crippen LogP contribution >= 0.6 is 11.6 Å². The van der Waals surface area contributed by atoms with Crippen molar-refractivity contribution in [1.82, 2.24) is 14.9 Å². The fourth-order valence-electron chi connectivity index (χ4n) is 2.03. The summed E-state index contributed by atoms with van der Waals surface area (Å²) in [6, 6.07) is -0.802. The molecule has 1 aromatic heterocycles. The summed E-state index contributed by atoms with van der Waals surface area (Å²) in [5, 5.41) is 10.5. The Morgan fingerprint density at radius 3 is 2.68 bits per heavy atom. The molecular formula is C11H11ClF4N4O2. The second-order valence-corrected chi connectivity index (χ2v) is 5.04. The van der Waals surface area contributed by atoms with E-state index in [1.54, 1.807) is 0 Å². The van der Waals surface area contributed by atoms with Gasteiger partial charge in [0.25, 0.3) is 0 Å². The van der Waals surface area contributed by atoms with Gasteiger partial charge in [0.1, 0.15) is 16.9 Å². The van der Waals surface area contributed by atoms with Gasteiger partial charge >= 0.3 is 12.3 Å². The van der Waals surface area contributed by atoms with Gasteiger partial charge in [-0.1, -0.05) is 11.6 Å². The Hall–Kier alpha value is -1.84. The van der Waals surface area contributed by atoms with E-state index in [4.69, 9.17) is 16.7 Å². The first-order valence-corrected chi connectivity index (χ1v) is 6.54. The lowest BCUT2D eigenvalue weighted by Gasteiger charge is -2.33. The topological polar surface area (TPSA) is 78.4 Å². The molecule has 11 heteroatoms. The summed E-state index contributed by atoms with van der Waals surface area (Å²) in [7, 11) is 0. The number of piperidine rings is 1. The fraction of sp³-hybridized carbons (Fsp3) is 0.545. The molecule has 0 spiro atoms. The first kappa shape index (κ1) is 16.5. The number of nitrogens with zero attached hydrogens (tertiary/aromatic N) is 3. The first-order chi connectivity index (χ1) is 10.2. The number of hydrogen-bond donors (Lipinski definition) is 2. The van der Waals surface area contributed by atoms with E-state index >= 15 is 0 Å². The van der Waals surface area contributed by atoms with E-state index in [1.807, 2.05) is 0 Å². The Morgan fingerprint density at radius 2 is 2.18 bits per heavy atom. The third-order valence-electron chi connectivity index (χ3n) is 3.17. The molecule has 1 aliphatic heterocycles. The second kappa shape index (κ2) is 6.11. The van der Waals surface area contributed by atoms with Gasteiger partial charge in [-0.05, 0) is 6.42 Å². The molecule has 0 radical (unpaired) electrons. The fourth-order valence-corrected chi connectivity index (χ4v) is 2.26. The van der Waals surface area contributed by atoms with Gasteiger partial charge in [-0.15, -0.1) is 0 Å². The summed E-state index contributed by atoms with van der Waals surface area (Å²) in [4.78, 5) is 18.6. The highest BCUT2D eigenvalue weighted by Gasteiger charge is 2.35. The van der Waals surface area contributed by atoms with Crippen LogP contribution in [0.4, 0.5) is 28.3 Å². The lowest BCUT2D eigenvalue weighted by Crippen LogP contribution is -2.49. The zero-order valence-electron chi connectivity index (χ0n) is 10.9. The van der Waals surface area contributed by atoms with Gasteiger partial charge in [0, 0.05) is 12.7 Å². The normalized spacial score (nSPS) is 22.5.